The number of ether oxygens (including phenoxy) is 1. The molecule has 3 rings (SSSR count). The molecular weight excluding hydrogens is 328 g/mol. The Balaban J connectivity index is 1.61. The van der Waals surface area contributed by atoms with E-state index in [1.807, 2.05) is 24.3 Å². The van der Waals surface area contributed by atoms with Gasteiger partial charge in [-0.3, -0.25) is 4.79 Å². The second-order valence-corrected chi connectivity index (χ2v) is 6.39. The van der Waals surface area contributed by atoms with Gasteiger partial charge in [-0.25, -0.2) is 4.79 Å². The van der Waals surface area contributed by atoms with E-state index >= 15 is 0 Å². The Bertz CT molecular complexity index is 852. The molecule has 0 fully saturated rings. The topological polar surface area (TPSA) is 79.2 Å². The average molecular weight is 348 g/mol. The van der Waals surface area contributed by atoms with E-state index in [2.05, 4.69) is 11.4 Å². The first-order chi connectivity index (χ1) is 12.6. The number of rotatable bonds is 4. The van der Waals surface area contributed by atoms with E-state index in [4.69, 9.17) is 10.00 Å². The van der Waals surface area contributed by atoms with E-state index < -0.39 is 12.1 Å². The van der Waals surface area contributed by atoms with Gasteiger partial charge in [-0.05, 0) is 61.6 Å². The van der Waals surface area contributed by atoms with Gasteiger partial charge in [0.15, 0.2) is 6.10 Å². The number of fused-ring (bicyclic) bond motifs is 1. The molecule has 1 amide bonds. The molecule has 2 aromatic rings. The first-order valence-electron chi connectivity index (χ1n) is 8.68. The summed E-state index contributed by atoms with van der Waals surface area (Å²) in [6.07, 6.45) is 2.01. The van der Waals surface area contributed by atoms with Gasteiger partial charge >= 0.3 is 5.97 Å². The fourth-order valence-corrected chi connectivity index (χ4v) is 3.16. The second-order valence-electron chi connectivity index (χ2n) is 6.39. The van der Waals surface area contributed by atoms with Gasteiger partial charge in [0.2, 0.25) is 0 Å². The number of carbonyl (C=O) groups excluding carboxylic acids is 2. The van der Waals surface area contributed by atoms with Crippen molar-refractivity contribution in [2.24, 2.45) is 0 Å². The molecule has 0 aromatic heterocycles. The number of carbonyl (C=O) groups is 2. The Labute approximate surface area is 152 Å². The molecule has 2 atom stereocenters. The van der Waals surface area contributed by atoms with E-state index in [1.165, 1.54) is 17.7 Å². The zero-order valence-electron chi connectivity index (χ0n) is 14.6. The summed E-state index contributed by atoms with van der Waals surface area (Å²) >= 11 is 0. The normalized spacial score (nSPS) is 16.7. The van der Waals surface area contributed by atoms with Gasteiger partial charge < -0.3 is 10.1 Å². The van der Waals surface area contributed by atoms with Gasteiger partial charge in [-0.2, -0.15) is 5.26 Å². The first kappa shape index (κ1) is 17.7. The fraction of sp³-hybridized carbons (Fsp3) is 0.286. The van der Waals surface area contributed by atoms with Crippen LogP contribution in [0.25, 0.3) is 0 Å². The molecule has 2 aromatic carbocycles. The third-order valence-electron chi connectivity index (χ3n) is 4.59. The van der Waals surface area contributed by atoms with Crippen molar-refractivity contribution < 1.29 is 14.3 Å². The lowest BCUT2D eigenvalue weighted by Crippen LogP contribution is -2.39. The molecule has 0 spiro atoms. The zero-order chi connectivity index (χ0) is 18.5. The Hall–Kier alpha value is -3.13. The van der Waals surface area contributed by atoms with Crippen molar-refractivity contribution in [1.82, 2.24) is 5.32 Å². The summed E-state index contributed by atoms with van der Waals surface area (Å²) in [6.45, 7) is 1.56. The van der Waals surface area contributed by atoms with E-state index in [9.17, 15) is 9.59 Å². The number of nitriles is 1. The van der Waals surface area contributed by atoms with Gasteiger partial charge in [0, 0.05) is 0 Å². The standard InChI is InChI=1S/C21H20N2O3/c1-14(26-21(25)17-11-9-15(13-22)10-12-17)20(24)23-19-8-4-6-16-5-2-3-7-18(16)19/h2-3,5,7,9-12,14,19H,4,6,8H2,1H3,(H,23,24)/t14-,19+/m1/s1. The summed E-state index contributed by atoms with van der Waals surface area (Å²) in [5.74, 6) is -0.894. The number of nitrogens with one attached hydrogen (secondary N) is 1. The molecule has 1 N–H and O–H groups in total. The number of amides is 1. The molecule has 0 saturated carbocycles. The Morgan fingerprint density at radius 1 is 1.19 bits per heavy atom. The number of hydrogen-bond donors (Lipinski definition) is 1. The van der Waals surface area contributed by atoms with Crippen LogP contribution in [0.15, 0.2) is 48.5 Å². The van der Waals surface area contributed by atoms with Gasteiger partial charge in [0.05, 0.1) is 23.2 Å². The third kappa shape index (κ3) is 3.92. The van der Waals surface area contributed by atoms with Crippen LogP contribution in [0.3, 0.4) is 0 Å². The van der Waals surface area contributed by atoms with Crippen LogP contribution in [0, 0.1) is 11.3 Å². The molecule has 0 unspecified atom stereocenters. The van der Waals surface area contributed by atoms with Crippen molar-refractivity contribution in [2.75, 3.05) is 0 Å². The molecular formula is C21H20N2O3. The first-order valence-corrected chi connectivity index (χ1v) is 8.68. The largest absolute Gasteiger partial charge is 0.449 e. The molecule has 0 saturated heterocycles. The number of aryl methyl sites for hydroxylation is 1. The van der Waals surface area contributed by atoms with Crippen LogP contribution >= 0.6 is 0 Å². The highest BCUT2D eigenvalue weighted by Crippen LogP contribution is 2.29. The highest BCUT2D eigenvalue weighted by Gasteiger charge is 2.25. The second kappa shape index (κ2) is 7.83. The van der Waals surface area contributed by atoms with Crippen molar-refractivity contribution in [3.05, 3.63) is 70.8 Å². The number of nitrogens with zero attached hydrogens (tertiary/aromatic N) is 1. The van der Waals surface area contributed by atoms with E-state index in [1.54, 1.807) is 19.1 Å². The Kier molecular flexibility index (Phi) is 5.33. The maximum atomic E-state index is 12.5. The summed E-state index contributed by atoms with van der Waals surface area (Å²) < 4.78 is 5.27. The lowest BCUT2D eigenvalue weighted by atomic mass is 9.87. The third-order valence-corrected chi connectivity index (χ3v) is 4.59. The number of esters is 1. The summed E-state index contributed by atoms with van der Waals surface area (Å²) in [7, 11) is 0. The average Bonchev–Trinajstić information content (AvgIpc) is 2.68. The van der Waals surface area contributed by atoms with Crippen molar-refractivity contribution >= 4 is 11.9 Å². The minimum atomic E-state index is -0.896. The molecule has 0 bridgehead atoms. The van der Waals surface area contributed by atoms with Crippen LogP contribution in [-0.4, -0.2) is 18.0 Å². The molecule has 0 aliphatic heterocycles. The van der Waals surface area contributed by atoms with Crippen molar-refractivity contribution in [1.29, 1.82) is 5.26 Å². The van der Waals surface area contributed by atoms with Crippen molar-refractivity contribution in [3.63, 3.8) is 0 Å². The van der Waals surface area contributed by atoms with Crippen molar-refractivity contribution in [3.8, 4) is 6.07 Å². The van der Waals surface area contributed by atoms with Crippen LogP contribution in [0.2, 0.25) is 0 Å². The summed E-state index contributed by atoms with van der Waals surface area (Å²) in [5.41, 5.74) is 3.17. The smallest absolute Gasteiger partial charge is 0.338 e. The molecule has 26 heavy (non-hydrogen) atoms. The highest BCUT2D eigenvalue weighted by atomic mass is 16.5. The molecule has 1 aliphatic carbocycles. The van der Waals surface area contributed by atoms with Crippen LogP contribution < -0.4 is 5.32 Å². The van der Waals surface area contributed by atoms with E-state index in [-0.39, 0.29) is 11.9 Å². The molecule has 1 aliphatic rings. The Morgan fingerprint density at radius 2 is 1.92 bits per heavy atom. The van der Waals surface area contributed by atoms with Gasteiger partial charge in [0.25, 0.3) is 5.91 Å². The highest BCUT2D eigenvalue weighted by molar-refractivity contribution is 5.92. The quantitative estimate of drug-likeness (QED) is 0.860. The number of benzene rings is 2. The molecule has 132 valence electrons. The predicted octanol–water partition coefficient (Wildman–Crippen LogP) is 3.30. The minimum Gasteiger partial charge on any atom is -0.449 e. The summed E-state index contributed by atoms with van der Waals surface area (Å²) in [4.78, 5) is 24.6. The van der Waals surface area contributed by atoms with Crippen LogP contribution in [0.4, 0.5) is 0 Å². The molecule has 5 nitrogen and oxygen atoms in total. The molecule has 0 heterocycles. The maximum absolute atomic E-state index is 12.5. The maximum Gasteiger partial charge on any atom is 0.338 e. The molecule has 0 radical (unpaired) electrons. The predicted molar refractivity (Wildman–Crippen MR) is 96.3 cm³/mol. The van der Waals surface area contributed by atoms with Crippen LogP contribution in [-0.2, 0) is 16.0 Å². The monoisotopic (exact) mass is 348 g/mol. The van der Waals surface area contributed by atoms with Crippen LogP contribution in [0.5, 0.6) is 0 Å². The summed E-state index contributed by atoms with van der Waals surface area (Å²) in [6, 6.07) is 16.1. The fourth-order valence-electron chi connectivity index (χ4n) is 3.16. The van der Waals surface area contributed by atoms with Gasteiger partial charge in [0.1, 0.15) is 0 Å². The SMILES string of the molecule is C[C@@H](OC(=O)c1ccc(C#N)cc1)C(=O)N[C@H]1CCCc2ccccc21. The van der Waals surface area contributed by atoms with Crippen LogP contribution in [0.1, 0.15) is 52.9 Å². The number of hydrogen-bond acceptors (Lipinski definition) is 4. The van der Waals surface area contributed by atoms with E-state index in [0.717, 1.165) is 24.8 Å². The van der Waals surface area contributed by atoms with Gasteiger partial charge in [-0.15, -0.1) is 0 Å². The lowest BCUT2D eigenvalue weighted by molar-refractivity contribution is -0.130. The zero-order valence-corrected chi connectivity index (χ0v) is 14.6. The Morgan fingerprint density at radius 3 is 2.65 bits per heavy atom. The summed E-state index contributed by atoms with van der Waals surface area (Å²) in [5, 5.41) is 11.8. The lowest BCUT2D eigenvalue weighted by Gasteiger charge is -2.27. The van der Waals surface area contributed by atoms with E-state index in [0.29, 0.717) is 11.1 Å². The minimum absolute atomic E-state index is 0.0523. The van der Waals surface area contributed by atoms with Gasteiger partial charge in [-0.1, -0.05) is 24.3 Å². The van der Waals surface area contributed by atoms with Crippen molar-refractivity contribution in [2.45, 2.75) is 38.3 Å². The molecule has 5 heteroatoms.